The lowest BCUT2D eigenvalue weighted by molar-refractivity contribution is 0.173. The second kappa shape index (κ2) is 6.84. The van der Waals surface area contributed by atoms with Crippen LogP contribution in [0.1, 0.15) is 17.0 Å². The molecule has 0 amide bonds. The molecule has 4 nitrogen and oxygen atoms in total. The van der Waals surface area contributed by atoms with Crippen molar-refractivity contribution < 1.29 is 9.47 Å². The molecular weight excluding hydrogens is 288 g/mol. The van der Waals surface area contributed by atoms with Crippen LogP contribution in [0.2, 0.25) is 0 Å². The zero-order chi connectivity index (χ0) is 16.2. The fraction of sp³-hybridized carbons (Fsp3) is 0.316. The van der Waals surface area contributed by atoms with Crippen LogP contribution >= 0.6 is 0 Å². The van der Waals surface area contributed by atoms with Gasteiger partial charge in [0.15, 0.2) is 0 Å². The molecule has 1 heterocycles. The lowest BCUT2D eigenvalue weighted by Gasteiger charge is -2.13. The van der Waals surface area contributed by atoms with E-state index < -0.39 is 0 Å². The monoisotopic (exact) mass is 310 g/mol. The smallest absolute Gasteiger partial charge is 0.136 e. The van der Waals surface area contributed by atoms with Crippen LogP contribution < -0.4 is 4.74 Å². The minimum atomic E-state index is 0.498. The van der Waals surface area contributed by atoms with Crippen LogP contribution in [0.3, 0.4) is 0 Å². The number of fused-ring (bicyclic) bond motifs is 1. The average Bonchev–Trinajstić information content (AvgIpc) is 2.90. The van der Waals surface area contributed by atoms with E-state index in [2.05, 4.69) is 35.5 Å². The number of rotatable bonds is 6. The van der Waals surface area contributed by atoms with Gasteiger partial charge in [-0.05, 0) is 43.2 Å². The first-order valence-corrected chi connectivity index (χ1v) is 7.83. The molecule has 0 fully saturated rings. The number of imidazole rings is 1. The number of hydrogen-bond donors (Lipinski definition) is 0. The number of hydrogen-bond acceptors (Lipinski definition) is 3. The Kier molecular flexibility index (Phi) is 4.63. The first-order chi connectivity index (χ1) is 11.2. The molecule has 0 radical (unpaired) electrons. The Morgan fingerprint density at radius 3 is 2.70 bits per heavy atom. The number of benzene rings is 2. The van der Waals surface area contributed by atoms with E-state index in [1.54, 1.807) is 7.11 Å². The average molecular weight is 310 g/mol. The Balaban J connectivity index is 1.78. The summed E-state index contributed by atoms with van der Waals surface area (Å²) in [5.41, 5.74) is 4.55. The molecule has 0 aliphatic heterocycles. The van der Waals surface area contributed by atoms with Gasteiger partial charge < -0.3 is 14.0 Å². The lowest BCUT2D eigenvalue weighted by atomic mass is 10.1. The van der Waals surface area contributed by atoms with Gasteiger partial charge in [-0.15, -0.1) is 0 Å². The molecule has 23 heavy (non-hydrogen) atoms. The van der Waals surface area contributed by atoms with Crippen molar-refractivity contribution in [3.05, 3.63) is 59.4 Å². The third-order valence-corrected chi connectivity index (χ3v) is 4.13. The molecule has 3 rings (SSSR count). The van der Waals surface area contributed by atoms with Crippen LogP contribution in [-0.2, 0) is 17.9 Å². The summed E-state index contributed by atoms with van der Waals surface area (Å²) in [5, 5.41) is 0. The van der Waals surface area contributed by atoms with Crippen LogP contribution in [0, 0.1) is 13.8 Å². The lowest BCUT2D eigenvalue weighted by Crippen LogP contribution is -2.12. The Morgan fingerprint density at radius 1 is 1.04 bits per heavy atom. The molecule has 0 N–H and O–H groups in total. The Morgan fingerprint density at radius 2 is 1.87 bits per heavy atom. The normalized spacial score (nSPS) is 11.1. The highest BCUT2D eigenvalue weighted by Gasteiger charge is 2.10. The molecule has 120 valence electrons. The first kappa shape index (κ1) is 15.6. The number of methoxy groups -OCH3 is 1. The van der Waals surface area contributed by atoms with Gasteiger partial charge in [0, 0.05) is 7.11 Å². The zero-order valence-electron chi connectivity index (χ0n) is 13.9. The van der Waals surface area contributed by atoms with Gasteiger partial charge in [-0.2, -0.15) is 0 Å². The summed E-state index contributed by atoms with van der Waals surface area (Å²) < 4.78 is 13.4. The molecule has 0 saturated heterocycles. The highest BCUT2D eigenvalue weighted by Crippen LogP contribution is 2.21. The third-order valence-electron chi connectivity index (χ3n) is 4.13. The van der Waals surface area contributed by atoms with Crippen LogP contribution in [0.15, 0.2) is 42.5 Å². The van der Waals surface area contributed by atoms with E-state index in [1.165, 1.54) is 11.1 Å². The van der Waals surface area contributed by atoms with E-state index in [9.17, 15) is 0 Å². The molecule has 2 aromatic carbocycles. The number of nitrogens with zero attached hydrogens (tertiary/aromatic N) is 2. The maximum atomic E-state index is 5.98. The van der Waals surface area contributed by atoms with Gasteiger partial charge in [0.25, 0.3) is 0 Å². The quantitative estimate of drug-likeness (QED) is 0.693. The largest absolute Gasteiger partial charge is 0.491 e. The van der Waals surface area contributed by atoms with Crippen LogP contribution in [-0.4, -0.2) is 23.3 Å². The standard InChI is InChI=1S/C19H22N2O2/c1-14-7-6-10-18(15(14)2)23-12-11-21-17-9-5-4-8-16(17)20-19(21)13-22-3/h4-10H,11-13H2,1-3H3. The van der Waals surface area contributed by atoms with Gasteiger partial charge in [0.2, 0.25) is 0 Å². The van der Waals surface area contributed by atoms with Gasteiger partial charge >= 0.3 is 0 Å². The van der Waals surface area contributed by atoms with E-state index in [1.807, 2.05) is 30.3 Å². The van der Waals surface area contributed by atoms with E-state index in [-0.39, 0.29) is 0 Å². The molecule has 0 aliphatic carbocycles. The van der Waals surface area contributed by atoms with Crippen molar-refractivity contribution in [2.24, 2.45) is 0 Å². The maximum absolute atomic E-state index is 5.98. The molecule has 4 heteroatoms. The van der Waals surface area contributed by atoms with Crippen molar-refractivity contribution in [2.45, 2.75) is 27.0 Å². The molecule has 0 atom stereocenters. The first-order valence-electron chi connectivity index (χ1n) is 7.83. The van der Waals surface area contributed by atoms with Crippen molar-refractivity contribution in [1.29, 1.82) is 0 Å². The van der Waals surface area contributed by atoms with Crippen LogP contribution in [0.5, 0.6) is 5.75 Å². The minimum Gasteiger partial charge on any atom is -0.491 e. The van der Waals surface area contributed by atoms with E-state index in [0.717, 1.165) is 29.2 Å². The topological polar surface area (TPSA) is 36.3 Å². The number of aromatic nitrogens is 2. The summed E-state index contributed by atoms with van der Waals surface area (Å²) in [6, 6.07) is 14.3. The summed E-state index contributed by atoms with van der Waals surface area (Å²) in [5.74, 6) is 1.88. The van der Waals surface area contributed by atoms with Gasteiger partial charge in [-0.25, -0.2) is 4.98 Å². The fourth-order valence-electron chi connectivity index (χ4n) is 2.74. The zero-order valence-corrected chi connectivity index (χ0v) is 13.9. The highest BCUT2D eigenvalue weighted by molar-refractivity contribution is 5.75. The van der Waals surface area contributed by atoms with Gasteiger partial charge in [0.05, 0.1) is 17.6 Å². The van der Waals surface area contributed by atoms with E-state index >= 15 is 0 Å². The summed E-state index contributed by atoms with van der Waals surface area (Å²) in [4.78, 5) is 4.64. The van der Waals surface area contributed by atoms with Crippen LogP contribution in [0.4, 0.5) is 0 Å². The number of ether oxygens (including phenoxy) is 2. The third kappa shape index (κ3) is 3.22. The Labute approximate surface area is 136 Å². The summed E-state index contributed by atoms with van der Waals surface area (Å²) in [7, 11) is 1.69. The summed E-state index contributed by atoms with van der Waals surface area (Å²) in [6.45, 7) is 6.03. The second-order valence-electron chi connectivity index (χ2n) is 5.65. The Hall–Kier alpha value is -2.33. The van der Waals surface area contributed by atoms with Crippen molar-refractivity contribution in [3.8, 4) is 5.75 Å². The molecule has 1 aromatic heterocycles. The number of aryl methyl sites for hydroxylation is 1. The minimum absolute atomic E-state index is 0.498. The predicted octanol–water partition coefficient (Wildman–Crippen LogP) is 3.88. The summed E-state index contributed by atoms with van der Waals surface area (Å²) >= 11 is 0. The van der Waals surface area contributed by atoms with E-state index in [4.69, 9.17) is 9.47 Å². The molecule has 0 aliphatic rings. The highest BCUT2D eigenvalue weighted by atomic mass is 16.5. The SMILES string of the molecule is COCc1nc2ccccc2n1CCOc1cccc(C)c1C. The molecule has 0 spiro atoms. The van der Waals surface area contributed by atoms with Crippen LogP contribution in [0.25, 0.3) is 11.0 Å². The van der Waals surface area contributed by atoms with E-state index in [0.29, 0.717) is 13.2 Å². The van der Waals surface area contributed by atoms with Crippen molar-refractivity contribution in [2.75, 3.05) is 13.7 Å². The van der Waals surface area contributed by atoms with Crippen molar-refractivity contribution in [3.63, 3.8) is 0 Å². The molecule has 0 unspecified atom stereocenters. The van der Waals surface area contributed by atoms with Gasteiger partial charge in [-0.3, -0.25) is 0 Å². The maximum Gasteiger partial charge on any atom is 0.136 e. The fourth-order valence-corrected chi connectivity index (χ4v) is 2.74. The van der Waals surface area contributed by atoms with Gasteiger partial charge in [0.1, 0.15) is 24.8 Å². The number of para-hydroxylation sites is 2. The molecule has 3 aromatic rings. The van der Waals surface area contributed by atoms with Crippen molar-refractivity contribution >= 4 is 11.0 Å². The molecular formula is C19H22N2O2. The Bertz CT molecular complexity index is 808. The predicted molar refractivity (Wildman–Crippen MR) is 91.9 cm³/mol. The van der Waals surface area contributed by atoms with Gasteiger partial charge in [-0.1, -0.05) is 24.3 Å². The molecule has 0 saturated carbocycles. The summed E-state index contributed by atoms with van der Waals surface area (Å²) in [6.07, 6.45) is 0. The second-order valence-corrected chi connectivity index (χ2v) is 5.65. The molecule has 0 bridgehead atoms. The van der Waals surface area contributed by atoms with Crippen molar-refractivity contribution in [1.82, 2.24) is 9.55 Å².